The Morgan fingerprint density at radius 1 is 1.59 bits per heavy atom. The molecule has 0 aliphatic heterocycles. The molecule has 0 bridgehead atoms. The molecule has 0 amide bonds. The molecule has 0 unspecified atom stereocenters. The van der Waals surface area contributed by atoms with Crippen LogP contribution in [-0.2, 0) is 9.53 Å². The second kappa shape index (κ2) is 6.26. The second-order valence-electron chi connectivity index (χ2n) is 3.44. The van der Waals surface area contributed by atoms with E-state index in [1.807, 2.05) is 0 Å². The van der Waals surface area contributed by atoms with Crippen molar-refractivity contribution in [3.05, 3.63) is 28.2 Å². The molecule has 0 spiro atoms. The Labute approximate surface area is 109 Å². The number of benzene rings is 1. The van der Waals surface area contributed by atoms with E-state index in [4.69, 9.17) is 10.00 Å². The largest absolute Gasteiger partial charge is 0.465 e. The molecule has 0 heterocycles. The lowest BCUT2D eigenvalue weighted by Crippen LogP contribution is -2.27. The third-order valence-corrected chi connectivity index (χ3v) is 2.79. The maximum atomic E-state index is 11.3. The van der Waals surface area contributed by atoms with Gasteiger partial charge in [0.2, 0.25) is 0 Å². The topological polar surface area (TPSA) is 53.3 Å². The van der Waals surface area contributed by atoms with Crippen molar-refractivity contribution in [2.75, 3.05) is 25.1 Å². The summed E-state index contributed by atoms with van der Waals surface area (Å²) in [5.41, 5.74) is 1.42. The summed E-state index contributed by atoms with van der Waals surface area (Å²) in [4.78, 5) is 13.1. The molecule has 0 fully saturated rings. The van der Waals surface area contributed by atoms with Gasteiger partial charge >= 0.3 is 5.97 Å². The Morgan fingerprint density at radius 3 is 2.82 bits per heavy atom. The van der Waals surface area contributed by atoms with E-state index in [1.54, 1.807) is 37.1 Å². The van der Waals surface area contributed by atoms with Crippen molar-refractivity contribution in [2.24, 2.45) is 0 Å². The number of carbonyl (C=O) groups is 1. The van der Waals surface area contributed by atoms with Crippen LogP contribution in [0.25, 0.3) is 0 Å². The molecule has 0 saturated heterocycles. The van der Waals surface area contributed by atoms with Gasteiger partial charge in [0, 0.05) is 11.5 Å². The zero-order valence-corrected chi connectivity index (χ0v) is 11.3. The molecular formula is C12H13BrN2O2. The summed E-state index contributed by atoms with van der Waals surface area (Å²) >= 11 is 3.37. The summed E-state index contributed by atoms with van der Waals surface area (Å²) < 4.78 is 5.65. The van der Waals surface area contributed by atoms with E-state index in [0.717, 1.165) is 10.2 Å². The zero-order valence-electron chi connectivity index (χ0n) is 9.74. The number of nitriles is 1. The molecule has 1 rings (SSSR count). The van der Waals surface area contributed by atoms with Crippen molar-refractivity contribution in [1.29, 1.82) is 5.26 Å². The van der Waals surface area contributed by atoms with Gasteiger partial charge in [0.1, 0.15) is 6.54 Å². The van der Waals surface area contributed by atoms with Gasteiger partial charge in [0.15, 0.2) is 0 Å². The Balaban J connectivity index is 2.79. The Morgan fingerprint density at radius 2 is 2.29 bits per heavy atom. The van der Waals surface area contributed by atoms with Crippen LogP contribution in [0.3, 0.4) is 0 Å². The van der Waals surface area contributed by atoms with E-state index >= 15 is 0 Å². The normalized spacial score (nSPS) is 9.53. The molecule has 0 N–H and O–H groups in total. The SMILES string of the molecule is CCOC(=O)CN(C)c1ccc(C#N)cc1Br. The van der Waals surface area contributed by atoms with Gasteiger partial charge in [-0.2, -0.15) is 5.26 Å². The quantitative estimate of drug-likeness (QED) is 0.800. The predicted octanol–water partition coefficient (Wildman–Crippen LogP) is 2.32. The average Bonchev–Trinajstić information content (AvgIpc) is 2.28. The van der Waals surface area contributed by atoms with Gasteiger partial charge in [0.05, 0.1) is 23.9 Å². The van der Waals surface area contributed by atoms with Gasteiger partial charge < -0.3 is 9.64 Å². The summed E-state index contributed by atoms with van der Waals surface area (Å²) in [5, 5.41) is 8.75. The number of ether oxygens (including phenoxy) is 1. The number of esters is 1. The van der Waals surface area contributed by atoms with E-state index in [1.165, 1.54) is 0 Å². The van der Waals surface area contributed by atoms with Crippen LogP contribution >= 0.6 is 15.9 Å². The minimum atomic E-state index is -0.272. The number of anilines is 1. The molecule has 0 saturated carbocycles. The minimum Gasteiger partial charge on any atom is -0.465 e. The van der Waals surface area contributed by atoms with E-state index < -0.39 is 0 Å². The van der Waals surface area contributed by atoms with Gasteiger partial charge in [0.25, 0.3) is 0 Å². The molecule has 1 aromatic carbocycles. The van der Waals surface area contributed by atoms with Crippen molar-refractivity contribution in [3.8, 4) is 6.07 Å². The van der Waals surface area contributed by atoms with Crippen LogP contribution in [0.5, 0.6) is 0 Å². The van der Waals surface area contributed by atoms with E-state index in [-0.39, 0.29) is 12.5 Å². The molecule has 17 heavy (non-hydrogen) atoms. The monoisotopic (exact) mass is 296 g/mol. The zero-order chi connectivity index (χ0) is 12.8. The molecule has 1 aromatic rings. The average molecular weight is 297 g/mol. The first-order valence-corrected chi connectivity index (χ1v) is 5.94. The molecule has 5 heteroatoms. The van der Waals surface area contributed by atoms with Crippen LogP contribution < -0.4 is 4.90 Å². The highest BCUT2D eigenvalue weighted by Crippen LogP contribution is 2.26. The number of halogens is 1. The van der Waals surface area contributed by atoms with Gasteiger partial charge in [-0.05, 0) is 41.1 Å². The first-order chi connectivity index (χ1) is 8.08. The van der Waals surface area contributed by atoms with Crippen LogP contribution in [-0.4, -0.2) is 26.2 Å². The third-order valence-electron chi connectivity index (χ3n) is 2.16. The fraction of sp³-hybridized carbons (Fsp3) is 0.333. The molecule has 0 radical (unpaired) electrons. The highest BCUT2D eigenvalue weighted by molar-refractivity contribution is 9.10. The second-order valence-corrected chi connectivity index (χ2v) is 4.29. The van der Waals surface area contributed by atoms with Crippen molar-refractivity contribution in [2.45, 2.75) is 6.92 Å². The number of likely N-dealkylation sites (N-methyl/N-ethyl adjacent to an activating group) is 1. The maximum Gasteiger partial charge on any atom is 0.325 e. The summed E-state index contributed by atoms with van der Waals surface area (Å²) in [5.74, 6) is -0.272. The Hall–Kier alpha value is -1.54. The Bertz CT molecular complexity index is 454. The molecule has 4 nitrogen and oxygen atoms in total. The van der Waals surface area contributed by atoms with Gasteiger partial charge in [-0.1, -0.05) is 0 Å². The smallest absolute Gasteiger partial charge is 0.325 e. The van der Waals surface area contributed by atoms with Gasteiger partial charge in [-0.25, -0.2) is 0 Å². The molecule has 0 aliphatic carbocycles. The summed E-state index contributed by atoms with van der Waals surface area (Å²) in [7, 11) is 1.79. The van der Waals surface area contributed by atoms with E-state index in [0.29, 0.717) is 12.2 Å². The van der Waals surface area contributed by atoms with Crippen LogP contribution in [0.1, 0.15) is 12.5 Å². The van der Waals surface area contributed by atoms with Crippen molar-refractivity contribution in [3.63, 3.8) is 0 Å². The summed E-state index contributed by atoms with van der Waals surface area (Å²) in [6.45, 7) is 2.33. The fourth-order valence-corrected chi connectivity index (χ4v) is 2.05. The molecular weight excluding hydrogens is 284 g/mol. The summed E-state index contributed by atoms with van der Waals surface area (Å²) in [6.07, 6.45) is 0. The first-order valence-electron chi connectivity index (χ1n) is 5.15. The van der Waals surface area contributed by atoms with E-state index in [9.17, 15) is 4.79 Å². The number of carbonyl (C=O) groups excluding carboxylic acids is 1. The van der Waals surface area contributed by atoms with Crippen LogP contribution in [0.2, 0.25) is 0 Å². The minimum absolute atomic E-state index is 0.179. The molecule has 0 aliphatic rings. The number of hydrogen-bond donors (Lipinski definition) is 0. The van der Waals surface area contributed by atoms with Gasteiger partial charge in [-0.15, -0.1) is 0 Å². The van der Waals surface area contributed by atoms with Crippen molar-refractivity contribution in [1.82, 2.24) is 0 Å². The lowest BCUT2D eigenvalue weighted by molar-refractivity contribution is -0.141. The molecule has 0 aromatic heterocycles. The number of nitrogens with zero attached hydrogens (tertiary/aromatic N) is 2. The fourth-order valence-electron chi connectivity index (χ4n) is 1.37. The lowest BCUT2D eigenvalue weighted by Gasteiger charge is -2.19. The summed E-state index contributed by atoms with van der Waals surface area (Å²) in [6, 6.07) is 7.28. The maximum absolute atomic E-state index is 11.3. The lowest BCUT2D eigenvalue weighted by atomic mass is 10.2. The van der Waals surface area contributed by atoms with Crippen LogP contribution in [0.15, 0.2) is 22.7 Å². The molecule has 0 atom stereocenters. The van der Waals surface area contributed by atoms with Crippen molar-refractivity contribution >= 4 is 27.6 Å². The third kappa shape index (κ3) is 3.75. The number of hydrogen-bond acceptors (Lipinski definition) is 4. The van der Waals surface area contributed by atoms with Crippen LogP contribution in [0, 0.1) is 11.3 Å². The molecule has 90 valence electrons. The van der Waals surface area contributed by atoms with Crippen molar-refractivity contribution < 1.29 is 9.53 Å². The first kappa shape index (κ1) is 13.5. The number of rotatable bonds is 4. The predicted molar refractivity (Wildman–Crippen MR) is 68.8 cm³/mol. The standard InChI is InChI=1S/C12H13BrN2O2/c1-3-17-12(16)8-15(2)11-5-4-9(7-14)6-10(11)13/h4-6H,3,8H2,1-2H3. The highest BCUT2D eigenvalue weighted by Gasteiger charge is 2.11. The van der Waals surface area contributed by atoms with E-state index in [2.05, 4.69) is 22.0 Å². The highest BCUT2D eigenvalue weighted by atomic mass is 79.9. The Kier molecular flexibility index (Phi) is 4.98. The van der Waals surface area contributed by atoms with Crippen LogP contribution in [0.4, 0.5) is 5.69 Å². The van der Waals surface area contributed by atoms with Gasteiger partial charge in [-0.3, -0.25) is 4.79 Å².